The Hall–Kier alpha value is -4.90. The van der Waals surface area contributed by atoms with Crippen LogP contribution in [0.15, 0.2) is 0 Å². The van der Waals surface area contributed by atoms with Crippen molar-refractivity contribution in [3.8, 4) is 0 Å². The maximum atomic E-state index is 12.5. The van der Waals surface area contributed by atoms with Crippen LogP contribution in [0.3, 0.4) is 0 Å². The van der Waals surface area contributed by atoms with Gasteiger partial charge in [-0.15, -0.1) is 0 Å². The molecule has 416 valence electrons. The minimum atomic E-state index is -3.26. The van der Waals surface area contributed by atoms with E-state index < -0.39 is 167 Å². The van der Waals surface area contributed by atoms with E-state index in [-0.39, 0.29) is 0 Å². The van der Waals surface area contributed by atoms with Gasteiger partial charge in [0.25, 0.3) is 0 Å². The lowest BCUT2D eigenvalue weighted by atomic mass is 9.79. The topological polar surface area (TPSA) is 406 Å². The third-order valence-corrected chi connectivity index (χ3v) is 5.92. The van der Waals surface area contributed by atoms with Crippen LogP contribution in [0.25, 0.3) is 0 Å². The lowest BCUT2D eigenvalue weighted by Crippen LogP contribution is -2.58. The molecule has 0 atom stereocenters. The van der Waals surface area contributed by atoms with Gasteiger partial charge in [0.15, 0.2) is 116 Å². The molecule has 0 saturated carbocycles. The zero-order chi connectivity index (χ0) is 60.2. The molecule has 0 spiro atoms. The SMILES string of the molecule is C[NH3+].C[NH3+].C[NH3+].C[NH3+].C[NH3+].C[NH3+].C[NH3+].C[NH3+].[O-]B([O-])c1c(F)c(F)c(F)c(F)c1F.[O-]B([O-])c1c(F)c(F)c(F)c(F)c1F.[O-]B([O-])c1c(F)c(F)c(F)c(F)c1F.[O-]B([O-])c1c(F)c(F)c(F)c(F)c1F. The fraction of sp³-hybridized carbons (Fsp3) is 0.250. The van der Waals surface area contributed by atoms with E-state index in [0.29, 0.717) is 0 Å². The van der Waals surface area contributed by atoms with Crippen LogP contribution >= 0.6 is 0 Å². The Balaban J connectivity index is -0.000000115. The van der Waals surface area contributed by atoms with Crippen LogP contribution in [-0.4, -0.2) is 84.9 Å². The van der Waals surface area contributed by atoms with Crippen molar-refractivity contribution in [2.24, 2.45) is 0 Å². The summed E-state index contributed by atoms with van der Waals surface area (Å²) >= 11 is 0. The zero-order valence-corrected chi connectivity index (χ0v) is 38.8. The van der Waals surface area contributed by atoms with Gasteiger partial charge in [-0.1, -0.05) is 28.5 Å². The number of rotatable bonds is 4. The van der Waals surface area contributed by atoms with Gasteiger partial charge in [-0.25, -0.2) is 87.8 Å². The van der Waals surface area contributed by atoms with Crippen molar-refractivity contribution in [3.63, 3.8) is 0 Å². The van der Waals surface area contributed by atoms with Gasteiger partial charge in [0, 0.05) is 0 Å². The van der Waals surface area contributed by atoms with Crippen LogP contribution in [0.1, 0.15) is 0 Å². The van der Waals surface area contributed by atoms with Crippen molar-refractivity contribution in [2.75, 3.05) is 56.4 Å². The highest BCUT2D eigenvalue weighted by Crippen LogP contribution is 2.18. The van der Waals surface area contributed by atoms with E-state index in [2.05, 4.69) is 45.9 Å². The molecule has 72 heavy (non-hydrogen) atoms. The van der Waals surface area contributed by atoms with E-state index in [9.17, 15) is 128 Å². The quantitative estimate of drug-likeness (QED) is 0.0419. The predicted molar refractivity (Wildman–Crippen MR) is 197 cm³/mol. The Bertz CT molecular complexity index is 1750. The van der Waals surface area contributed by atoms with Gasteiger partial charge in [0.2, 0.25) is 0 Å². The summed E-state index contributed by atoms with van der Waals surface area (Å²) in [4.78, 5) is 0. The number of benzene rings is 4. The first-order valence-corrected chi connectivity index (χ1v) is 18.5. The summed E-state index contributed by atoms with van der Waals surface area (Å²) in [5, 5.41) is 80.8. The highest BCUT2D eigenvalue weighted by Gasteiger charge is 2.26. The summed E-state index contributed by atoms with van der Waals surface area (Å²) in [5.74, 6) is -47.0. The van der Waals surface area contributed by atoms with Crippen LogP contribution in [-0.2, 0) is 0 Å². The van der Waals surface area contributed by atoms with Gasteiger partial charge >= 0.3 is 0 Å². The number of halogens is 20. The van der Waals surface area contributed by atoms with E-state index in [1.807, 2.05) is 0 Å². The highest BCUT2D eigenvalue weighted by atomic mass is 19.2. The normalized spacial score (nSPS) is 8.83. The lowest BCUT2D eigenvalue weighted by Gasteiger charge is -2.27. The second kappa shape index (κ2) is 44.8. The molecule has 0 aliphatic heterocycles. The van der Waals surface area contributed by atoms with Crippen LogP contribution in [0.2, 0.25) is 0 Å². The summed E-state index contributed by atoms with van der Waals surface area (Å²) in [6.45, 7) is 0. The second-order valence-corrected chi connectivity index (χ2v) is 9.26. The maximum Gasteiger partial charge on any atom is 0.200 e. The molecular weight excluding hydrogens is 1050 g/mol. The molecule has 0 aliphatic carbocycles. The Morgan fingerprint density at radius 1 is 0.167 bits per heavy atom. The van der Waals surface area contributed by atoms with Crippen molar-refractivity contribution in [3.05, 3.63) is 116 Å². The Morgan fingerprint density at radius 3 is 0.278 bits per heavy atom. The Morgan fingerprint density at radius 2 is 0.222 bits per heavy atom. The molecule has 4 aromatic rings. The van der Waals surface area contributed by atoms with E-state index in [1.165, 1.54) is 0 Å². The molecule has 0 aliphatic rings. The van der Waals surface area contributed by atoms with Crippen molar-refractivity contribution in [2.45, 2.75) is 0 Å². The number of hydrogen-bond donors (Lipinski definition) is 8. The largest absolute Gasteiger partial charge is 0.889 e. The Kier molecular flexibility index (Phi) is 52.2. The molecular formula is C32H48B4F20N8O8. The van der Waals surface area contributed by atoms with E-state index in [1.54, 1.807) is 56.4 Å². The van der Waals surface area contributed by atoms with E-state index in [4.69, 9.17) is 0 Å². The molecule has 0 bridgehead atoms. The van der Waals surface area contributed by atoms with Crippen LogP contribution in [0.4, 0.5) is 87.8 Å². The van der Waals surface area contributed by atoms with Crippen LogP contribution < -0.4 is 108 Å². The van der Waals surface area contributed by atoms with Crippen molar-refractivity contribution in [1.82, 2.24) is 0 Å². The first kappa shape index (κ1) is 83.9. The smallest absolute Gasteiger partial charge is 0.200 e. The summed E-state index contributed by atoms with van der Waals surface area (Å²) in [7, 11) is 0.943. The molecule has 4 aromatic carbocycles. The molecule has 16 nitrogen and oxygen atoms in total. The van der Waals surface area contributed by atoms with Gasteiger partial charge in [-0.2, -0.15) is 0 Å². The van der Waals surface area contributed by atoms with E-state index >= 15 is 0 Å². The van der Waals surface area contributed by atoms with Gasteiger partial charge < -0.3 is 86.1 Å². The average Bonchev–Trinajstić information content (AvgIpc) is 3.39. The molecule has 0 fully saturated rings. The summed E-state index contributed by atoms with van der Waals surface area (Å²) < 4.78 is 248. The summed E-state index contributed by atoms with van der Waals surface area (Å²) in [6.07, 6.45) is 0. The van der Waals surface area contributed by atoms with E-state index in [0.717, 1.165) is 0 Å². The summed E-state index contributed by atoms with van der Waals surface area (Å²) in [5.41, 5.74) is 18.4. The predicted octanol–water partition coefficient (Wildman–Crippen LogP) is -13.9. The molecule has 0 aromatic heterocycles. The van der Waals surface area contributed by atoms with Crippen LogP contribution in [0, 0.1) is 116 Å². The average molecular weight is 1100 g/mol. The Labute approximate surface area is 397 Å². The fourth-order valence-electron chi connectivity index (χ4n) is 3.32. The highest BCUT2D eigenvalue weighted by molar-refractivity contribution is 6.56. The van der Waals surface area contributed by atoms with Crippen molar-refractivity contribution in [1.29, 1.82) is 0 Å². The zero-order valence-electron chi connectivity index (χ0n) is 38.8. The molecule has 40 heteroatoms. The fourth-order valence-corrected chi connectivity index (χ4v) is 3.32. The maximum absolute atomic E-state index is 12.5. The molecule has 0 radical (unpaired) electrons. The second-order valence-electron chi connectivity index (χ2n) is 9.26. The third kappa shape index (κ3) is 23.3. The molecule has 0 amide bonds. The molecule has 24 N–H and O–H groups in total. The minimum Gasteiger partial charge on any atom is -0.889 e. The van der Waals surface area contributed by atoms with Gasteiger partial charge in [0.05, 0.1) is 56.4 Å². The molecule has 0 heterocycles. The van der Waals surface area contributed by atoms with Crippen molar-refractivity contribution < 1.29 is 174 Å². The van der Waals surface area contributed by atoms with Gasteiger partial charge in [0.1, 0.15) is 0 Å². The molecule has 0 saturated heterocycles. The van der Waals surface area contributed by atoms with Crippen LogP contribution in [0.5, 0.6) is 0 Å². The first-order valence-electron chi connectivity index (χ1n) is 18.5. The lowest BCUT2D eigenvalue weighted by molar-refractivity contribution is -0.343. The van der Waals surface area contributed by atoms with Crippen molar-refractivity contribution >= 4 is 50.3 Å². The molecule has 0 unspecified atom stereocenters. The third-order valence-electron chi connectivity index (χ3n) is 5.92. The number of quaternary nitrogens is 8. The monoisotopic (exact) mass is 1100 g/mol. The van der Waals surface area contributed by atoms with Gasteiger partial charge in [-0.05, 0) is 21.9 Å². The summed E-state index contributed by atoms with van der Waals surface area (Å²) in [6, 6.07) is 0. The molecule has 4 rings (SSSR count). The minimum absolute atomic E-state index is 1.75. The standard InChI is InChI=1S/4C6BF5O2.8CH5N/c4*8-2-1(7(13)14)3(9)5(11)6(12)4(2)10;8*1-2/h;;;;8*2H2,1H3/q4*-2;;;;;;;;/p+8. The van der Waals surface area contributed by atoms with Gasteiger partial charge in [-0.3, -0.25) is 0 Å². The number of hydrogen-bond acceptors (Lipinski definition) is 8. The first-order chi connectivity index (χ1) is 33.5.